The second kappa shape index (κ2) is 10.6. The maximum absolute atomic E-state index is 12.8. The number of nitro groups is 2. The van der Waals surface area contributed by atoms with E-state index in [1.807, 2.05) is 9.80 Å². The van der Waals surface area contributed by atoms with Gasteiger partial charge in [0.05, 0.1) is 9.85 Å². The molecule has 0 saturated carbocycles. The summed E-state index contributed by atoms with van der Waals surface area (Å²) in [5.41, 5.74) is 1.56. The number of thiocarbonyl (C=S) groups is 1. The van der Waals surface area contributed by atoms with E-state index in [4.69, 9.17) is 12.2 Å². The topological polar surface area (TPSA) is 125 Å². The lowest BCUT2D eigenvalue weighted by atomic mass is 10.1. The number of carbonyl (C=O) groups excluding carboxylic acids is 1. The van der Waals surface area contributed by atoms with Crippen molar-refractivity contribution in [1.29, 1.82) is 0 Å². The van der Waals surface area contributed by atoms with Gasteiger partial charge in [0.15, 0.2) is 5.11 Å². The van der Waals surface area contributed by atoms with Crippen LogP contribution in [-0.2, 0) is 0 Å². The maximum atomic E-state index is 12.8. The van der Waals surface area contributed by atoms with E-state index in [0.29, 0.717) is 31.9 Å². The zero-order valence-corrected chi connectivity index (χ0v) is 19.9. The Bertz CT molecular complexity index is 1130. The number of rotatable bonds is 5. The van der Waals surface area contributed by atoms with Crippen LogP contribution in [0.2, 0.25) is 0 Å². The molecule has 0 unspecified atom stereocenters. The highest BCUT2D eigenvalue weighted by Gasteiger charge is 2.25. The van der Waals surface area contributed by atoms with E-state index in [-0.39, 0.29) is 22.1 Å². The summed E-state index contributed by atoms with van der Waals surface area (Å²) in [6.45, 7) is 3.91. The van der Waals surface area contributed by atoms with Crippen molar-refractivity contribution < 1.29 is 14.6 Å². The van der Waals surface area contributed by atoms with Gasteiger partial charge in [-0.1, -0.05) is 0 Å². The number of hydrogen-bond donors (Lipinski definition) is 1. The lowest BCUT2D eigenvalue weighted by Crippen LogP contribution is -2.52. The van der Waals surface area contributed by atoms with Crippen LogP contribution in [0.4, 0.5) is 22.7 Å². The molecule has 1 amide bonds. The van der Waals surface area contributed by atoms with Crippen LogP contribution in [0.5, 0.6) is 0 Å². The van der Waals surface area contributed by atoms with E-state index in [1.54, 1.807) is 24.3 Å². The Morgan fingerprint density at radius 3 is 2.09 bits per heavy atom. The summed E-state index contributed by atoms with van der Waals surface area (Å²) in [6, 6.07) is 10.9. The van der Waals surface area contributed by atoms with E-state index in [1.165, 1.54) is 18.2 Å². The smallest absolute Gasteiger partial charge is 0.293 e. The third-order valence-corrected chi connectivity index (χ3v) is 6.70. The highest BCUT2D eigenvalue weighted by molar-refractivity contribution is 7.80. The lowest BCUT2D eigenvalue weighted by molar-refractivity contribution is -0.384. The molecule has 2 fully saturated rings. The Labute approximate surface area is 207 Å². The molecule has 0 aliphatic carbocycles. The summed E-state index contributed by atoms with van der Waals surface area (Å²) in [4.78, 5) is 40.4. The van der Waals surface area contributed by atoms with Gasteiger partial charge in [-0.15, -0.1) is 0 Å². The molecule has 0 atom stereocenters. The van der Waals surface area contributed by atoms with Crippen LogP contribution in [0.25, 0.3) is 0 Å². The molecule has 4 rings (SSSR count). The first-order valence-corrected chi connectivity index (χ1v) is 11.9. The average Bonchev–Trinajstić information content (AvgIpc) is 2.89. The van der Waals surface area contributed by atoms with E-state index >= 15 is 0 Å². The molecular weight excluding hydrogens is 472 g/mol. The van der Waals surface area contributed by atoms with E-state index in [2.05, 4.69) is 10.2 Å². The van der Waals surface area contributed by atoms with Crippen LogP contribution in [0.15, 0.2) is 42.5 Å². The minimum absolute atomic E-state index is 0.0421. The molecule has 11 nitrogen and oxygen atoms in total. The van der Waals surface area contributed by atoms with Crippen molar-refractivity contribution in [2.24, 2.45) is 0 Å². The molecular formula is C23H26N6O5S. The van der Waals surface area contributed by atoms with Gasteiger partial charge in [-0.25, -0.2) is 0 Å². The molecule has 2 heterocycles. The van der Waals surface area contributed by atoms with Gasteiger partial charge in [0.1, 0.15) is 5.69 Å². The number of piperazine rings is 1. The van der Waals surface area contributed by atoms with Crippen molar-refractivity contribution in [3.05, 3.63) is 68.3 Å². The normalized spacial score (nSPS) is 16.1. The van der Waals surface area contributed by atoms with Crippen molar-refractivity contribution in [2.75, 3.05) is 49.1 Å². The van der Waals surface area contributed by atoms with E-state index in [0.717, 1.165) is 38.0 Å². The second-order valence-electron chi connectivity index (χ2n) is 8.52. The number of amides is 1. The number of nitro benzene ring substituents is 2. The van der Waals surface area contributed by atoms with Crippen LogP contribution < -0.4 is 15.1 Å². The molecule has 0 radical (unpaired) electrons. The Kier molecular flexibility index (Phi) is 7.39. The number of nitrogens with one attached hydrogen (secondary N) is 1. The summed E-state index contributed by atoms with van der Waals surface area (Å²) < 4.78 is 0. The van der Waals surface area contributed by atoms with Gasteiger partial charge in [0.25, 0.3) is 17.3 Å². The Balaban J connectivity index is 1.36. The van der Waals surface area contributed by atoms with Crippen LogP contribution in [-0.4, -0.2) is 65.0 Å². The van der Waals surface area contributed by atoms with Gasteiger partial charge in [0.2, 0.25) is 0 Å². The minimum atomic E-state index is -0.485. The lowest BCUT2D eigenvalue weighted by Gasteiger charge is -2.37. The molecule has 2 saturated heterocycles. The predicted molar refractivity (Wildman–Crippen MR) is 136 cm³/mol. The summed E-state index contributed by atoms with van der Waals surface area (Å²) >= 11 is 5.42. The first-order valence-electron chi connectivity index (χ1n) is 11.5. The van der Waals surface area contributed by atoms with E-state index < -0.39 is 15.8 Å². The van der Waals surface area contributed by atoms with Crippen LogP contribution in [0.3, 0.4) is 0 Å². The van der Waals surface area contributed by atoms with Crippen molar-refractivity contribution >= 4 is 46.0 Å². The fourth-order valence-corrected chi connectivity index (χ4v) is 4.69. The molecule has 2 aliphatic heterocycles. The standard InChI is InChI=1S/C23H26N6O5S/c30-22(17-4-9-20(21(16-17)29(33)34)26-10-2-1-3-11-26)24-23(35)27-14-12-25(13-15-27)18-5-7-19(8-6-18)28(31)32/h4-9,16H,1-3,10-15H2,(H,24,30,35). The molecule has 2 aromatic rings. The molecule has 0 bridgehead atoms. The summed E-state index contributed by atoms with van der Waals surface area (Å²) in [5.74, 6) is -0.485. The fraction of sp³-hybridized carbons (Fsp3) is 0.391. The fourth-order valence-electron chi connectivity index (χ4n) is 4.41. The summed E-state index contributed by atoms with van der Waals surface area (Å²) in [7, 11) is 0. The van der Waals surface area contributed by atoms with Crippen molar-refractivity contribution in [2.45, 2.75) is 19.3 Å². The number of hydrogen-bond acceptors (Lipinski definition) is 8. The van der Waals surface area contributed by atoms with Crippen LogP contribution >= 0.6 is 12.2 Å². The van der Waals surface area contributed by atoms with Crippen molar-refractivity contribution in [1.82, 2.24) is 10.2 Å². The summed E-state index contributed by atoms with van der Waals surface area (Å²) in [5, 5.41) is 25.5. The number of carbonyl (C=O) groups is 1. The molecule has 2 aromatic carbocycles. The second-order valence-corrected chi connectivity index (χ2v) is 8.90. The Morgan fingerprint density at radius 2 is 1.49 bits per heavy atom. The summed E-state index contributed by atoms with van der Waals surface area (Å²) in [6.07, 6.45) is 3.10. The Hall–Kier alpha value is -3.80. The monoisotopic (exact) mass is 498 g/mol. The minimum Gasteiger partial charge on any atom is -0.368 e. The molecule has 0 aromatic heterocycles. The van der Waals surface area contributed by atoms with Gasteiger partial charge < -0.3 is 14.7 Å². The highest BCUT2D eigenvalue weighted by atomic mass is 32.1. The number of benzene rings is 2. The van der Waals surface area contributed by atoms with Crippen LogP contribution in [0, 0.1) is 20.2 Å². The van der Waals surface area contributed by atoms with Gasteiger partial charge in [0, 0.05) is 68.7 Å². The third kappa shape index (κ3) is 5.65. The zero-order chi connectivity index (χ0) is 24.9. The molecule has 0 spiro atoms. The average molecular weight is 499 g/mol. The number of non-ortho nitro benzene ring substituents is 1. The number of nitrogens with zero attached hydrogens (tertiary/aromatic N) is 5. The molecule has 35 heavy (non-hydrogen) atoms. The molecule has 2 aliphatic rings. The number of piperidine rings is 1. The van der Waals surface area contributed by atoms with Gasteiger partial charge in [-0.05, 0) is 55.7 Å². The van der Waals surface area contributed by atoms with Crippen molar-refractivity contribution in [3.8, 4) is 0 Å². The Morgan fingerprint density at radius 1 is 0.829 bits per heavy atom. The largest absolute Gasteiger partial charge is 0.368 e. The molecule has 184 valence electrons. The predicted octanol–water partition coefficient (Wildman–Crippen LogP) is 3.33. The van der Waals surface area contributed by atoms with E-state index in [9.17, 15) is 25.0 Å². The van der Waals surface area contributed by atoms with Crippen molar-refractivity contribution in [3.63, 3.8) is 0 Å². The zero-order valence-electron chi connectivity index (χ0n) is 19.1. The quantitative estimate of drug-likeness (QED) is 0.375. The SMILES string of the molecule is O=C(NC(=S)N1CCN(c2ccc([N+](=O)[O-])cc2)CC1)c1ccc(N2CCCCC2)c([N+](=O)[O-])c1. The molecule has 1 N–H and O–H groups in total. The van der Waals surface area contributed by atoms with Crippen LogP contribution in [0.1, 0.15) is 29.6 Å². The van der Waals surface area contributed by atoms with Gasteiger partial charge in [-0.3, -0.25) is 30.3 Å². The number of anilines is 2. The highest BCUT2D eigenvalue weighted by Crippen LogP contribution is 2.31. The molecule has 12 heteroatoms. The van der Waals surface area contributed by atoms with Gasteiger partial charge >= 0.3 is 0 Å². The maximum Gasteiger partial charge on any atom is 0.293 e. The third-order valence-electron chi connectivity index (χ3n) is 6.34. The first kappa shape index (κ1) is 24.3. The van der Waals surface area contributed by atoms with Gasteiger partial charge in [-0.2, -0.15) is 0 Å². The first-order chi connectivity index (χ1) is 16.8.